The van der Waals surface area contributed by atoms with Crippen molar-refractivity contribution < 1.29 is 19.2 Å². The van der Waals surface area contributed by atoms with E-state index in [1.165, 1.54) is 0 Å². The average molecular weight is 568 g/mol. The van der Waals surface area contributed by atoms with Gasteiger partial charge in [-0.15, -0.1) is 0 Å². The molecule has 0 aliphatic heterocycles. The Balaban J connectivity index is 1.51. The van der Waals surface area contributed by atoms with Crippen molar-refractivity contribution in [2.24, 2.45) is 11.0 Å². The summed E-state index contributed by atoms with van der Waals surface area (Å²) in [5.74, 6) is -1.28. The molecule has 5 rings (SSSR count). The molecule has 1 atom stereocenters. The van der Waals surface area contributed by atoms with E-state index >= 15 is 0 Å². The highest BCUT2D eigenvalue weighted by Gasteiger charge is 2.23. The number of azide groups is 1. The van der Waals surface area contributed by atoms with Gasteiger partial charge in [0.15, 0.2) is 5.82 Å². The van der Waals surface area contributed by atoms with Crippen LogP contribution in [0, 0.1) is 5.92 Å². The third-order valence-corrected chi connectivity index (χ3v) is 7.03. The van der Waals surface area contributed by atoms with Crippen LogP contribution in [0.5, 0.6) is 6.01 Å². The molecule has 12 nitrogen and oxygen atoms in total. The lowest BCUT2D eigenvalue weighted by Gasteiger charge is -2.15. The largest absolute Gasteiger partial charge is 0.478 e. The van der Waals surface area contributed by atoms with Gasteiger partial charge in [0.05, 0.1) is 29.7 Å². The first-order chi connectivity index (χ1) is 20.4. The van der Waals surface area contributed by atoms with Crippen LogP contribution in [0.4, 0.5) is 0 Å². The molecule has 2 aromatic heterocycles. The van der Waals surface area contributed by atoms with Gasteiger partial charge in [-0.05, 0) is 59.5 Å². The van der Waals surface area contributed by atoms with Crippen molar-refractivity contribution in [3.05, 3.63) is 98.3 Å². The van der Waals surface area contributed by atoms with E-state index in [1.54, 1.807) is 10.6 Å². The van der Waals surface area contributed by atoms with E-state index in [9.17, 15) is 14.7 Å². The molecule has 3 aromatic carbocycles. The molecule has 5 aromatic rings. The number of nitrogens with one attached hydrogen (secondary N) is 1. The number of aromatic amines is 1. The van der Waals surface area contributed by atoms with Crippen LogP contribution < -0.4 is 10.5 Å². The molecule has 0 radical (unpaired) electrons. The van der Waals surface area contributed by atoms with Crippen LogP contribution in [0.15, 0.2) is 75.1 Å². The van der Waals surface area contributed by atoms with Gasteiger partial charge in [-0.3, -0.25) is 4.57 Å². The molecule has 0 bridgehead atoms. The zero-order valence-electron chi connectivity index (χ0n) is 23.1. The van der Waals surface area contributed by atoms with Crippen molar-refractivity contribution >= 4 is 17.0 Å². The second-order valence-corrected chi connectivity index (χ2v) is 9.91. The number of aromatic carboxylic acids is 1. The molecule has 2 N–H and O–H groups in total. The monoisotopic (exact) mass is 567 g/mol. The number of aromatic nitrogens is 4. The predicted octanol–water partition coefficient (Wildman–Crippen LogP) is 6.07. The molecule has 12 heteroatoms. The number of hydrogen-bond donors (Lipinski definition) is 2. The third-order valence-electron chi connectivity index (χ3n) is 7.03. The van der Waals surface area contributed by atoms with Crippen LogP contribution in [0.1, 0.15) is 41.8 Å². The summed E-state index contributed by atoms with van der Waals surface area (Å²) >= 11 is 0. The fourth-order valence-corrected chi connectivity index (χ4v) is 5.10. The lowest BCUT2D eigenvalue weighted by Crippen LogP contribution is -2.12. The summed E-state index contributed by atoms with van der Waals surface area (Å²) in [6.07, 6.45) is 1.16. The molecule has 42 heavy (non-hydrogen) atoms. The van der Waals surface area contributed by atoms with E-state index in [0.717, 1.165) is 22.3 Å². The van der Waals surface area contributed by atoms with Gasteiger partial charge in [0.25, 0.3) is 6.01 Å². The number of nitrogens with zero attached hydrogens (tertiary/aromatic N) is 6. The van der Waals surface area contributed by atoms with Crippen LogP contribution in [0.3, 0.4) is 0 Å². The normalized spacial score (nSPS) is 11.8. The number of carbonyl (C=O) groups is 1. The Kier molecular flexibility index (Phi) is 8.35. The van der Waals surface area contributed by atoms with E-state index in [-0.39, 0.29) is 11.5 Å². The summed E-state index contributed by atoms with van der Waals surface area (Å²) in [6.45, 7) is 4.92. The van der Waals surface area contributed by atoms with E-state index in [0.29, 0.717) is 61.0 Å². The third kappa shape index (κ3) is 5.89. The number of carboxylic acid groups (broad SMARTS) is 1. The number of ether oxygens (including phenoxy) is 1. The maximum atomic E-state index is 12.6. The molecule has 0 spiro atoms. The molecular formula is C30H29N7O5. The van der Waals surface area contributed by atoms with Gasteiger partial charge in [-0.2, -0.15) is 15.1 Å². The number of H-pyrrole nitrogens is 1. The van der Waals surface area contributed by atoms with E-state index in [1.807, 2.05) is 68.4 Å². The fourth-order valence-electron chi connectivity index (χ4n) is 5.10. The zero-order chi connectivity index (χ0) is 29.6. The first-order valence-electron chi connectivity index (χ1n) is 13.5. The molecule has 0 amide bonds. The number of carboxylic acids is 1. The number of hydrogen-bond acceptors (Lipinski definition) is 7. The molecule has 2 heterocycles. The van der Waals surface area contributed by atoms with Crippen molar-refractivity contribution in [3.63, 3.8) is 0 Å². The molecule has 1 unspecified atom stereocenters. The smallest absolute Gasteiger partial charge is 0.460 e. The summed E-state index contributed by atoms with van der Waals surface area (Å²) in [5.41, 5.74) is 13.9. The lowest BCUT2D eigenvalue weighted by atomic mass is 9.93. The molecule has 0 fully saturated rings. The summed E-state index contributed by atoms with van der Waals surface area (Å²) in [6, 6.07) is 19.3. The van der Waals surface area contributed by atoms with E-state index < -0.39 is 11.7 Å². The molecule has 0 aliphatic carbocycles. The van der Waals surface area contributed by atoms with Crippen LogP contribution in [-0.2, 0) is 13.0 Å². The quantitative estimate of drug-likeness (QED) is 0.105. The van der Waals surface area contributed by atoms with E-state index in [2.05, 4.69) is 25.2 Å². The Hall–Kier alpha value is -5.35. The zero-order valence-corrected chi connectivity index (χ0v) is 23.1. The van der Waals surface area contributed by atoms with Crippen LogP contribution in [-0.4, -0.2) is 43.9 Å². The first kappa shape index (κ1) is 28.2. The Morgan fingerprint density at radius 3 is 2.57 bits per heavy atom. The summed E-state index contributed by atoms with van der Waals surface area (Å²) in [5, 5.41) is 16.5. The van der Waals surface area contributed by atoms with Gasteiger partial charge in [-0.1, -0.05) is 66.6 Å². The summed E-state index contributed by atoms with van der Waals surface area (Å²) in [4.78, 5) is 35.4. The highest BCUT2D eigenvalue weighted by Crippen LogP contribution is 2.32. The number of rotatable bonds is 12. The Morgan fingerprint density at radius 2 is 1.90 bits per heavy atom. The van der Waals surface area contributed by atoms with Crippen molar-refractivity contribution in [1.29, 1.82) is 0 Å². The molecule has 214 valence electrons. The SMILES string of the molecule is CCOc1nc2ccc(CC(C)CCN=[N+]=[N-])c(C(=O)O)c2n1Cc1ccc(-c2ccccc2-c2nc(=O)o[nH]2)cc1. The van der Waals surface area contributed by atoms with Gasteiger partial charge < -0.3 is 14.4 Å². The Bertz CT molecular complexity index is 1830. The maximum Gasteiger partial charge on any atom is 0.460 e. The van der Waals surface area contributed by atoms with Crippen LogP contribution >= 0.6 is 0 Å². The standard InChI is InChI=1S/C30H29N7O5/c1-3-41-29-33-24-13-12-21(16-18(2)14-15-32-36-31)25(28(38)39)26(24)37(29)17-19-8-10-20(11-9-19)22-6-4-5-7-23(22)27-34-30(40)42-35-27/h4-13,18H,3,14-17H2,1-2H3,(H,38,39)(H,34,35,40). The van der Waals surface area contributed by atoms with E-state index in [4.69, 9.17) is 14.8 Å². The minimum atomic E-state index is -1.04. The van der Waals surface area contributed by atoms with Crippen molar-refractivity contribution in [3.8, 4) is 28.5 Å². The topological polar surface area (TPSA) is 172 Å². The lowest BCUT2D eigenvalue weighted by molar-refractivity contribution is 0.0697. The Labute approximate surface area is 240 Å². The predicted molar refractivity (Wildman–Crippen MR) is 156 cm³/mol. The molecule has 0 saturated heterocycles. The fraction of sp³-hybridized carbons (Fsp3) is 0.267. The first-order valence-corrected chi connectivity index (χ1v) is 13.5. The van der Waals surface area contributed by atoms with Gasteiger partial charge in [0, 0.05) is 17.0 Å². The number of benzene rings is 3. The van der Waals surface area contributed by atoms with Crippen molar-refractivity contribution in [2.45, 2.75) is 33.2 Å². The minimum absolute atomic E-state index is 0.110. The second kappa shape index (κ2) is 12.4. The van der Waals surface area contributed by atoms with Crippen molar-refractivity contribution in [1.82, 2.24) is 19.7 Å². The van der Waals surface area contributed by atoms with Crippen LogP contribution in [0.25, 0.3) is 44.0 Å². The van der Waals surface area contributed by atoms with Crippen molar-refractivity contribution in [2.75, 3.05) is 13.2 Å². The van der Waals surface area contributed by atoms with Crippen LogP contribution in [0.2, 0.25) is 0 Å². The summed E-state index contributed by atoms with van der Waals surface area (Å²) in [7, 11) is 0. The van der Waals surface area contributed by atoms with Gasteiger partial charge in [0.1, 0.15) is 0 Å². The summed E-state index contributed by atoms with van der Waals surface area (Å²) < 4.78 is 12.4. The second-order valence-electron chi connectivity index (χ2n) is 9.91. The molecule has 0 aliphatic rings. The Morgan fingerprint density at radius 1 is 1.14 bits per heavy atom. The highest BCUT2D eigenvalue weighted by atomic mass is 16.5. The highest BCUT2D eigenvalue weighted by molar-refractivity contribution is 6.03. The molecule has 0 saturated carbocycles. The van der Waals surface area contributed by atoms with Gasteiger partial charge in [0.2, 0.25) is 0 Å². The minimum Gasteiger partial charge on any atom is -0.478 e. The average Bonchev–Trinajstić information content (AvgIpc) is 3.57. The molecular weight excluding hydrogens is 538 g/mol. The number of fused-ring (bicyclic) bond motifs is 1. The van der Waals surface area contributed by atoms with Gasteiger partial charge >= 0.3 is 11.7 Å². The number of imidazole rings is 1. The van der Waals surface area contributed by atoms with Gasteiger partial charge in [-0.25, -0.2) is 9.59 Å². The maximum absolute atomic E-state index is 12.6.